The molecule has 0 bridgehead atoms. The second-order valence-electron chi connectivity index (χ2n) is 6.23. The lowest BCUT2D eigenvalue weighted by Gasteiger charge is -2.33. The van der Waals surface area contributed by atoms with Crippen LogP contribution in [0, 0.1) is 0 Å². The fourth-order valence-electron chi connectivity index (χ4n) is 2.80. The van der Waals surface area contributed by atoms with Crippen molar-refractivity contribution in [3.8, 4) is 5.75 Å². The molecule has 2 amide bonds. The van der Waals surface area contributed by atoms with Crippen LogP contribution in [0.2, 0.25) is 0 Å². The van der Waals surface area contributed by atoms with E-state index in [1.165, 1.54) is 54.3 Å². The molecule has 2 aromatic carbocycles. The number of nitrogens with one attached hydrogen (secondary N) is 1. The summed E-state index contributed by atoms with van der Waals surface area (Å²) in [5.74, 6) is -0.345. The number of benzene rings is 2. The predicted molar refractivity (Wildman–Crippen MR) is 100 cm³/mol. The first-order valence-electron chi connectivity index (χ1n) is 8.19. The second kappa shape index (κ2) is 6.92. The van der Waals surface area contributed by atoms with Gasteiger partial charge in [0.1, 0.15) is 11.9 Å². The van der Waals surface area contributed by atoms with Gasteiger partial charge >= 0.3 is 0 Å². The highest BCUT2D eigenvalue weighted by Gasteiger charge is 2.27. The molecule has 142 valence electrons. The second-order valence-corrected chi connectivity index (χ2v) is 7.92. The van der Waals surface area contributed by atoms with Crippen molar-refractivity contribution in [3.63, 3.8) is 0 Å². The molecule has 1 aliphatic heterocycles. The molecule has 0 saturated heterocycles. The number of rotatable bonds is 4. The average molecular weight is 389 g/mol. The molecule has 1 unspecified atom stereocenters. The van der Waals surface area contributed by atoms with E-state index in [1.54, 1.807) is 0 Å². The van der Waals surface area contributed by atoms with Gasteiger partial charge in [0, 0.05) is 18.2 Å². The van der Waals surface area contributed by atoms with Crippen LogP contribution in [0.4, 0.5) is 11.4 Å². The van der Waals surface area contributed by atoms with Crippen LogP contribution in [0.1, 0.15) is 24.2 Å². The Morgan fingerprint density at radius 1 is 1.19 bits per heavy atom. The minimum absolute atomic E-state index is 0.00960. The highest BCUT2D eigenvalue weighted by atomic mass is 32.2. The van der Waals surface area contributed by atoms with E-state index in [4.69, 9.17) is 10.5 Å². The molecule has 0 spiro atoms. The standard InChI is InChI=1S/C18H19N3O5S/c1-11-10-21(12(2)22)16-9-15(7-8-17(16)26-11)27(24,25)20-14-5-3-13(4-6-14)18(19)23/h3-9,11,20H,10H2,1-2H3,(H2,19,23). The monoisotopic (exact) mass is 389 g/mol. The lowest BCUT2D eigenvalue weighted by Crippen LogP contribution is -2.41. The summed E-state index contributed by atoms with van der Waals surface area (Å²) in [5, 5.41) is 0. The first kappa shape index (κ1) is 18.7. The van der Waals surface area contributed by atoms with Crippen LogP contribution in [0.3, 0.4) is 0 Å². The number of amides is 2. The number of carbonyl (C=O) groups is 2. The van der Waals surface area contributed by atoms with Gasteiger partial charge in [-0.1, -0.05) is 0 Å². The van der Waals surface area contributed by atoms with Crippen molar-refractivity contribution in [2.45, 2.75) is 24.8 Å². The van der Waals surface area contributed by atoms with Gasteiger partial charge in [0.25, 0.3) is 10.0 Å². The van der Waals surface area contributed by atoms with E-state index in [0.29, 0.717) is 18.0 Å². The Morgan fingerprint density at radius 3 is 2.44 bits per heavy atom. The van der Waals surface area contributed by atoms with Crippen LogP contribution in [-0.4, -0.2) is 32.9 Å². The van der Waals surface area contributed by atoms with Gasteiger partial charge in [-0.15, -0.1) is 0 Å². The molecule has 1 atom stereocenters. The topological polar surface area (TPSA) is 119 Å². The zero-order valence-corrected chi connectivity index (χ0v) is 15.6. The zero-order valence-electron chi connectivity index (χ0n) is 14.8. The maximum absolute atomic E-state index is 12.7. The maximum Gasteiger partial charge on any atom is 0.261 e. The van der Waals surface area contributed by atoms with E-state index in [1.807, 2.05) is 6.92 Å². The van der Waals surface area contributed by atoms with Crippen LogP contribution in [0.25, 0.3) is 0 Å². The normalized spacial score (nSPS) is 16.2. The zero-order chi connectivity index (χ0) is 19.8. The third-order valence-corrected chi connectivity index (χ3v) is 5.48. The number of sulfonamides is 1. The van der Waals surface area contributed by atoms with E-state index in [2.05, 4.69) is 4.72 Å². The van der Waals surface area contributed by atoms with Crippen molar-refractivity contribution >= 4 is 33.2 Å². The van der Waals surface area contributed by atoms with Gasteiger partial charge in [0.15, 0.2) is 0 Å². The summed E-state index contributed by atoms with van der Waals surface area (Å²) in [6.45, 7) is 3.59. The molecule has 0 aliphatic carbocycles. The molecule has 0 aromatic heterocycles. The lowest BCUT2D eigenvalue weighted by atomic mass is 10.2. The van der Waals surface area contributed by atoms with Crippen molar-refractivity contribution in [2.24, 2.45) is 5.73 Å². The predicted octanol–water partition coefficient (Wildman–Crippen LogP) is 1.72. The molecule has 27 heavy (non-hydrogen) atoms. The largest absolute Gasteiger partial charge is 0.487 e. The SMILES string of the molecule is CC(=O)N1CC(C)Oc2ccc(S(=O)(=O)Nc3ccc(C(N)=O)cc3)cc21. The summed E-state index contributed by atoms with van der Waals surface area (Å²) in [5.41, 5.74) is 6.14. The van der Waals surface area contributed by atoms with E-state index in [-0.39, 0.29) is 28.2 Å². The van der Waals surface area contributed by atoms with Gasteiger partial charge in [-0.25, -0.2) is 8.42 Å². The van der Waals surface area contributed by atoms with E-state index < -0.39 is 15.9 Å². The molecular formula is C18H19N3O5S. The van der Waals surface area contributed by atoms with Gasteiger partial charge in [0.2, 0.25) is 11.8 Å². The Balaban J connectivity index is 1.92. The average Bonchev–Trinajstić information content (AvgIpc) is 2.60. The highest BCUT2D eigenvalue weighted by molar-refractivity contribution is 7.92. The molecule has 3 rings (SSSR count). The Labute approximate surface area is 157 Å². The van der Waals surface area contributed by atoms with Crippen LogP contribution in [-0.2, 0) is 14.8 Å². The Kier molecular flexibility index (Phi) is 4.79. The molecule has 9 heteroatoms. The summed E-state index contributed by atoms with van der Waals surface area (Å²) in [7, 11) is -3.90. The maximum atomic E-state index is 12.7. The fraction of sp³-hybridized carbons (Fsp3) is 0.222. The number of carbonyl (C=O) groups excluding carboxylic acids is 2. The van der Waals surface area contributed by atoms with Crippen molar-refractivity contribution in [2.75, 3.05) is 16.2 Å². The smallest absolute Gasteiger partial charge is 0.261 e. The Bertz CT molecular complexity index is 1000. The molecule has 0 fully saturated rings. The molecule has 2 aromatic rings. The van der Waals surface area contributed by atoms with Crippen molar-refractivity contribution in [3.05, 3.63) is 48.0 Å². The van der Waals surface area contributed by atoms with Crippen molar-refractivity contribution in [1.82, 2.24) is 0 Å². The summed E-state index contributed by atoms with van der Waals surface area (Å²) in [6, 6.07) is 10.1. The summed E-state index contributed by atoms with van der Waals surface area (Å²) >= 11 is 0. The van der Waals surface area contributed by atoms with Crippen LogP contribution < -0.4 is 20.1 Å². The minimum Gasteiger partial charge on any atom is -0.487 e. The molecule has 0 radical (unpaired) electrons. The van der Waals surface area contributed by atoms with Gasteiger partial charge < -0.3 is 15.4 Å². The van der Waals surface area contributed by atoms with Gasteiger partial charge in [-0.05, 0) is 49.4 Å². The number of hydrogen-bond donors (Lipinski definition) is 2. The van der Waals surface area contributed by atoms with Crippen LogP contribution in [0.5, 0.6) is 5.75 Å². The fourth-order valence-corrected chi connectivity index (χ4v) is 3.88. The highest BCUT2D eigenvalue weighted by Crippen LogP contribution is 2.35. The first-order valence-corrected chi connectivity index (χ1v) is 9.67. The van der Waals surface area contributed by atoms with Crippen molar-refractivity contribution < 1.29 is 22.7 Å². The van der Waals surface area contributed by atoms with Gasteiger partial charge in [-0.3, -0.25) is 14.3 Å². The Hall–Kier alpha value is -3.07. The number of primary amides is 1. The molecule has 8 nitrogen and oxygen atoms in total. The van der Waals surface area contributed by atoms with E-state index in [9.17, 15) is 18.0 Å². The van der Waals surface area contributed by atoms with Gasteiger partial charge in [-0.2, -0.15) is 0 Å². The molecule has 1 aliphatic rings. The van der Waals surface area contributed by atoms with Crippen LogP contribution >= 0.6 is 0 Å². The minimum atomic E-state index is -3.90. The number of hydrogen-bond acceptors (Lipinski definition) is 5. The van der Waals surface area contributed by atoms with E-state index >= 15 is 0 Å². The molecule has 0 saturated carbocycles. The van der Waals surface area contributed by atoms with Gasteiger partial charge in [0.05, 0.1) is 17.1 Å². The first-order chi connectivity index (χ1) is 12.7. The summed E-state index contributed by atoms with van der Waals surface area (Å²) in [6.07, 6.45) is -0.189. The quantitative estimate of drug-likeness (QED) is 0.825. The number of nitrogens with zero attached hydrogens (tertiary/aromatic N) is 1. The summed E-state index contributed by atoms with van der Waals surface area (Å²) < 4.78 is 33.5. The molecular weight excluding hydrogens is 370 g/mol. The van der Waals surface area contributed by atoms with E-state index in [0.717, 1.165) is 0 Å². The molecule has 3 N–H and O–H groups in total. The number of fused-ring (bicyclic) bond motifs is 1. The lowest BCUT2D eigenvalue weighted by molar-refractivity contribution is -0.117. The summed E-state index contributed by atoms with van der Waals surface area (Å²) in [4.78, 5) is 24.5. The Morgan fingerprint density at radius 2 is 1.85 bits per heavy atom. The third kappa shape index (κ3) is 3.87. The number of anilines is 2. The molecule has 1 heterocycles. The van der Waals surface area contributed by atoms with Crippen LogP contribution in [0.15, 0.2) is 47.4 Å². The number of ether oxygens (including phenoxy) is 1. The van der Waals surface area contributed by atoms with Crippen molar-refractivity contribution in [1.29, 1.82) is 0 Å². The number of nitrogens with two attached hydrogens (primary N) is 1. The third-order valence-electron chi connectivity index (χ3n) is 4.10.